The van der Waals surface area contributed by atoms with Gasteiger partial charge >= 0.3 is 44.8 Å². The second kappa shape index (κ2) is 14.5. The molecule has 0 aliphatic heterocycles. The van der Waals surface area contributed by atoms with E-state index in [0.29, 0.717) is 6.07 Å². The van der Waals surface area contributed by atoms with Gasteiger partial charge in [0.25, 0.3) is 0 Å². The number of aromatic carboxylic acids is 1. The van der Waals surface area contributed by atoms with Crippen LogP contribution in [0.1, 0.15) is 20.7 Å². The molecule has 0 aliphatic rings. The van der Waals surface area contributed by atoms with E-state index in [1.165, 1.54) is 0 Å². The zero-order chi connectivity index (χ0) is 27.2. The number of pyridine rings is 2. The fourth-order valence-corrected chi connectivity index (χ4v) is 1.57. The van der Waals surface area contributed by atoms with Crippen molar-refractivity contribution in [3.05, 3.63) is 76.6 Å². The van der Waals surface area contributed by atoms with Crippen molar-refractivity contribution < 1.29 is 51.9 Å². The minimum Gasteiger partial charge on any atom is -0.478 e. The van der Waals surface area contributed by atoms with Gasteiger partial charge in [-0.25, -0.2) is 9.59 Å². The summed E-state index contributed by atoms with van der Waals surface area (Å²) in [6.07, 6.45) is 1.96. The van der Waals surface area contributed by atoms with E-state index in [-0.39, 0.29) is 11.1 Å². The normalized spacial score (nSPS) is 9.44. The molecule has 2 aromatic heterocycles. The molecule has 0 aromatic carbocycles. The number of nitrogens with one attached hydrogen (secondary N) is 2. The Kier molecular flexibility index (Phi) is 13.5. The topological polar surface area (TPSA) is 310 Å². The highest BCUT2D eigenvalue weighted by atomic mass is 32.3. The lowest BCUT2D eigenvalue weighted by molar-refractivity contribution is -0.386. The molecule has 2 heterocycles. The number of hydrogen-bond donors (Lipinski definition) is 6. The highest BCUT2D eigenvalue weighted by molar-refractivity contribution is 7.79. The van der Waals surface area contributed by atoms with Gasteiger partial charge in [-0.05, 0) is 0 Å². The minimum atomic E-state index is -4.67. The third-order valence-electron chi connectivity index (χ3n) is 2.83. The van der Waals surface area contributed by atoms with E-state index in [1.807, 2.05) is 4.98 Å². The first-order valence-corrected chi connectivity index (χ1v) is 9.18. The first-order valence-electron chi connectivity index (χ1n) is 7.79. The zero-order valence-corrected chi connectivity index (χ0v) is 17.7. The molecule has 0 radical (unpaired) electrons. The van der Waals surface area contributed by atoms with Crippen molar-refractivity contribution in [2.75, 3.05) is 14.2 Å². The molecular weight excluding hydrogens is 496 g/mol. The Morgan fingerprint density at radius 1 is 0.912 bits per heavy atom. The molecule has 0 amide bonds. The van der Waals surface area contributed by atoms with Gasteiger partial charge in [0.1, 0.15) is 0 Å². The van der Waals surface area contributed by atoms with Crippen LogP contribution in [0.15, 0.2) is 34.1 Å². The van der Waals surface area contributed by atoms with E-state index in [2.05, 4.69) is 9.72 Å². The van der Waals surface area contributed by atoms with Crippen LogP contribution in [0.2, 0.25) is 0 Å². The molecule has 20 heteroatoms. The molecule has 0 atom stereocenters. The van der Waals surface area contributed by atoms with E-state index in [9.17, 15) is 39.4 Å². The van der Waals surface area contributed by atoms with Gasteiger partial charge in [0.2, 0.25) is 0 Å². The number of aliphatic hydroxyl groups is 1. The monoisotopic (exact) mass is 512 g/mol. The van der Waals surface area contributed by atoms with Crippen LogP contribution in [0.3, 0.4) is 0 Å². The Hall–Kier alpha value is -4.53. The van der Waals surface area contributed by atoms with Crippen LogP contribution in [-0.2, 0) is 15.1 Å². The fraction of sp³-hybridized carbons (Fsp3) is 0.143. The molecule has 188 valence electrons. The lowest BCUT2D eigenvalue weighted by Crippen LogP contribution is -2.13. The van der Waals surface area contributed by atoms with E-state index in [1.54, 1.807) is 0 Å². The summed E-state index contributed by atoms with van der Waals surface area (Å²) in [7, 11) is -2.53. The van der Waals surface area contributed by atoms with Gasteiger partial charge in [0.15, 0.2) is 0 Å². The third-order valence-corrected chi connectivity index (χ3v) is 2.83. The maximum absolute atomic E-state index is 10.9. The van der Waals surface area contributed by atoms with Crippen LogP contribution in [0.5, 0.6) is 0 Å². The Labute approximate surface area is 187 Å². The predicted molar refractivity (Wildman–Crippen MR) is 108 cm³/mol. The molecule has 2 aromatic rings. The number of carbonyl (C=O) groups excluding carboxylic acids is 1. The number of hydrogen-bond acceptors (Lipinski definition) is 12. The fourth-order valence-electron chi connectivity index (χ4n) is 1.57. The van der Waals surface area contributed by atoms with Crippen LogP contribution in [0, 0.1) is 20.2 Å². The quantitative estimate of drug-likeness (QED) is 0.124. The molecular formula is C14H16N4O15S. The van der Waals surface area contributed by atoms with Gasteiger partial charge in [-0.15, -0.1) is 0 Å². The van der Waals surface area contributed by atoms with Crippen molar-refractivity contribution in [2.24, 2.45) is 0 Å². The molecule has 0 unspecified atom stereocenters. The van der Waals surface area contributed by atoms with Crippen molar-refractivity contribution in [3.63, 3.8) is 0 Å². The number of rotatable bonds is 4. The summed E-state index contributed by atoms with van der Waals surface area (Å²) >= 11 is 0. The number of aliphatic hydroxyl groups excluding tert-OH is 1. The summed E-state index contributed by atoms with van der Waals surface area (Å²) in [5.41, 5.74) is -3.64. The van der Waals surface area contributed by atoms with Gasteiger partial charge in [-0.2, -0.15) is 8.42 Å². The average Bonchev–Trinajstić information content (AvgIpc) is 2.74. The second-order valence-corrected chi connectivity index (χ2v) is 5.86. The highest BCUT2D eigenvalue weighted by Crippen LogP contribution is 2.07. The predicted octanol–water partition coefficient (Wildman–Crippen LogP) is -0.993. The third kappa shape index (κ3) is 12.4. The van der Waals surface area contributed by atoms with Crippen molar-refractivity contribution in [2.45, 2.75) is 0 Å². The van der Waals surface area contributed by atoms with Crippen LogP contribution in [0.4, 0.5) is 11.4 Å². The van der Waals surface area contributed by atoms with E-state index in [4.69, 9.17) is 27.7 Å². The van der Waals surface area contributed by atoms with Crippen molar-refractivity contribution in [1.29, 1.82) is 0 Å². The number of carboxylic acid groups (broad SMARTS) is 1. The molecule has 0 saturated heterocycles. The number of esters is 1. The molecule has 6 N–H and O–H groups in total. The van der Waals surface area contributed by atoms with Crippen LogP contribution >= 0.6 is 0 Å². The lowest BCUT2D eigenvalue weighted by Gasteiger charge is -1.97. The number of carboxylic acids is 1. The highest BCUT2D eigenvalue weighted by Gasteiger charge is 2.16. The van der Waals surface area contributed by atoms with E-state index in [0.717, 1.165) is 32.7 Å². The Bertz CT molecular complexity index is 1240. The SMILES string of the molecule is CO.COC(=O)c1c[nH]c(=O)c([N+](=O)[O-])c1.O=C(O)c1c[nH]c(=O)c([N+](=O)[O-])c1.O=S(=O)(O)O. The number of aromatic amines is 2. The van der Waals surface area contributed by atoms with E-state index < -0.39 is 54.7 Å². The van der Waals surface area contributed by atoms with Crippen LogP contribution in [-0.4, -0.2) is 73.7 Å². The Balaban J connectivity index is 0. The number of nitro groups is 2. The van der Waals surface area contributed by atoms with Gasteiger partial charge in [0.05, 0.1) is 28.1 Å². The summed E-state index contributed by atoms with van der Waals surface area (Å²) in [5, 5.41) is 35.9. The van der Waals surface area contributed by atoms with Gasteiger partial charge < -0.3 is 24.9 Å². The number of aromatic nitrogens is 2. The number of carbonyl (C=O) groups is 2. The van der Waals surface area contributed by atoms with Crippen molar-refractivity contribution >= 4 is 33.7 Å². The van der Waals surface area contributed by atoms with Gasteiger partial charge in [0, 0.05) is 31.6 Å². The Morgan fingerprint density at radius 2 is 1.24 bits per heavy atom. The smallest absolute Gasteiger partial charge is 0.394 e. The first-order chi connectivity index (χ1) is 15.6. The molecule has 34 heavy (non-hydrogen) atoms. The van der Waals surface area contributed by atoms with Crippen molar-refractivity contribution in [3.8, 4) is 0 Å². The molecule has 2 rings (SSSR count). The van der Waals surface area contributed by atoms with Crippen molar-refractivity contribution in [1.82, 2.24) is 9.97 Å². The molecule has 0 fully saturated rings. The molecule has 19 nitrogen and oxygen atoms in total. The number of methoxy groups -OCH3 is 1. The number of nitrogens with zero attached hydrogens (tertiary/aromatic N) is 2. The molecule has 0 bridgehead atoms. The number of ether oxygens (including phenoxy) is 1. The van der Waals surface area contributed by atoms with E-state index >= 15 is 0 Å². The summed E-state index contributed by atoms with van der Waals surface area (Å²) < 4.78 is 35.9. The lowest BCUT2D eigenvalue weighted by atomic mass is 10.2. The molecule has 0 aliphatic carbocycles. The first kappa shape index (κ1) is 31.7. The van der Waals surface area contributed by atoms with Crippen LogP contribution < -0.4 is 11.1 Å². The summed E-state index contributed by atoms with van der Waals surface area (Å²) in [6.45, 7) is 0. The second-order valence-electron chi connectivity index (χ2n) is 4.96. The average molecular weight is 512 g/mol. The largest absolute Gasteiger partial charge is 0.478 e. The summed E-state index contributed by atoms with van der Waals surface area (Å²) in [5.74, 6) is -2.08. The summed E-state index contributed by atoms with van der Waals surface area (Å²) in [6, 6.07) is 1.58. The summed E-state index contributed by atoms with van der Waals surface area (Å²) in [4.78, 5) is 65.6. The maximum Gasteiger partial charge on any atom is 0.394 e. The van der Waals surface area contributed by atoms with Gasteiger partial charge in [-0.3, -0.25) is 38.9 Å². The molecule has 0 spiro atoms. The van der Waals surface area contributed by atoms with Gasteiger partial charge in [-0.1, -0.05) is 0 Å². The molecule has 0 saturated carbocycles. The standard InChI is InChI=1S/C7H6N2O5.C6H4N2O5.CH4O.H2O4S/c1-14-7(11)4-2-5(9(12)13)6(10)8-3-4;9-5-4(8(12)13)1-3(2-7-5)6(10)11;1-2;1-5(2,3)4/h2-3H,1H3,(H,8,10);1-2H,(H,7,9)(H,10,11);2H,1H3;(H2,1,2,3,4). The number of H-pyrrole nitrogens is 2. The Morgan fingerprint density at radius 3 is 1.53 bits per heavy atom. The van der Waals surface area contributed by atoms with Crippen LogP contribution in [0.25, 0.3) is 0 Å². The maximum atomic E-state index is 10.9. The minimum absolute atomic E-state index is 0.0706. The zero-order valence-electron chi connectivity index (χ0n) is 16.9.